The molecule has 0 aromatic carbocycles. The molecule has 1 atom stereocenters. The fraction of sp³-hybridized carbons (Fsp3) is 0.750. The van der Waals surface area contributed by atoms with E-state index in [0.717, 1.165) is 25.9 Å². The maximum absolute atomic E-state index is 11.0. The summed E-state index contributed by atoms with van der Waals surface area (Å²) in [7, 11) is 0. The van der Waals surface area contributed by atoms with Gasteiger partial charge in [0, 0.05) is 12.7 Å². The molecule has 1 fully saturated rings. The first-order valence-corrected chi connectivity index (χ1v) is 5.78. The van der Waals surface area contributed by atoms with Gasteiger partial charge in [-0.15, -0.1) is 0 Å². The zero-order valence-electron chi connectivity index (χ0n) is 9.41. The number of ether oxygens (including phenoxy) is 2. The van der Waals surface area contributed by atoms with E-state index in [1.807, 2.05) is 13.0 Å². The van der Waals surface area contributed by atoms with E-state index < -0.39 is 0 Å². The molecule has 3 heteroatoms. The third-order valence-electron chi connectivity index (χ3n) is 2.47. The molecular weight excluding hydrogens is 192 g/mol. The molecule has 0 aromatic heterocycles. The maximum Gasteiger partial charge on any atom is 0.330 e. The molecule has 86 valence electrons. The monoisotopic (exact) mass is 212 g/mol. The van der Waals surface area contributed by atoms with Gasteiger partial charge in [0.2, 0.25) is 0 Å². The number of allylic oxidation sites excluding steroid dienone is 1. The number of carbonyl (C=O) groups excluding carboxylic acids is 1. The molecule has 15 heavy (non-hydrogen) atoms. The summed E-state index contributed by atoms with van der Waals surface area (Å²) in [4.78, 5) is 11.0. The van der Waals surface area contributed by atoms with E-state index in [0.29, 0.717) is 12.7 Å². The normalized spacial score (nSPS) is 21.8. The Balaban J connectivity index is 2.06. The maximum atomic E-state index is 11.0. The molecule has 1 rings (SSSR count). The molecule has 0 aromatic rings. The Hall–Kier alpha value is -0.830. The molecule has 1 aliphatic heterocycles. The van der Waals surface area contributed by atoms with Crippen molar-refractivity contribution in [1.82, 2.24) is 0 Å². The lowest BCUT2D eigenvalue weighted by molar-refractivity contribution is -0.137. The molecule has 3 nitrogen and oxygen atoms in total. The van der Waals surface area contributed by atoms with E-state index in [-0.39, 0.29) is 5.97 Å². The average Bonchev–Trinajstić information content (AvgIpc) is 2.26. The van der Waals surface area contributed by atoms with Crippen LogP contribution in [0.25, 0.3) is 0 Å². The Morgan fingerprint density at radius 1 is 1.53 bits per heavy atom. The summed E-state index contributed by atoms with van der Waals surface area (Å²) in [6, 6.07) is 0. The summed E-state index contributed by atoms with van der Waals surface area (Å²) in [5.41, 5.74) is 0. The fourth-order valence-corrected chi connectivity index (χ4v) is 1.69. The standard InChI is InChI=1S/C12H20O3/c1-2-14-12(13)9-4-3-7-11-8-5-6-10-15-11/h4,9,11H,2-3,5-8,10H2,1H3/t11-/m1/s1. The summed E-state index contributed by atoms with van der Waals surface area (Å²) in [6.45, 7) is 3.14. The van der Waals surface area contributed by atoms with Gasteiger partial charge in [-0.05, 0) is 39.0 Å². The molecule has 0 bridgehead atoms. The lowest BCUT2D eigenvalue weighted by Crippen LogP contribution is -2.18. The van der Waals surface area contributed by atoms with Crippen LogP contribution in [0.4, 0.5) is 0 Å². The molecule has 0 amide bonds. The van der Waals surface area contributed by atoms with E-state index in [2.05, 4.69) is 0 Å². The lowest BCUT2D eigenvalue weighted by atomic mass is 10.0. The molecule has 0 spiro atoms. The first kappa shape index (κ1) is 12.2. The van der Waals surface area contributed by atoms with Gasteiger partial charge < -0.3 is 9.47 Å². The molecule has 0 N–H and O–H groups in total. The molecule has 1 heterocycles. The van der Waals surface area contributed by atoms with Crippen LogP contribution >= 0.6 is 0 Å². The van der Waals surface area contributed by atoms with Crippen LogP contribution in [0, 0.1) is 0 Å². The Kier molecular flexibility index (Phi) is 6.09. The number of hydrogen-bond acceptors (Lipinski definition) is 3. The predicted molar refractivity (Wildman–Crippen MR) is 58.6 cm³/mol. The van der Waals surface area contributed by atoms with E-state index in [9.17, 15) is 4.79 Å². The quantitative estimate of drug-likeness (QED) is 0.518. The van der Waals surface area contributed by atoms with Gasteiger partial charge in [0.25, 0.3) is 0 Å². The number of carbonyl (C=O) groups is 1. The minimum absolute atomic E-state index is 0.248. The molecule has 1 saturated heterocycles. The fourth-order valence-electron chi connectivity index (χ4n) is 1.69. The third kappa shape index (κ3) is 5.57. The number of hydrogen-bond donors (Lipinski definition) is 0. The van der Waals surface area contributed by atoms with Crippen LogP contribution in [0.15, 0.2) is 12.2 Å². The number of rotatable bonds is 5. The lowest BCUT2D eigenvalue weighted by Gasteiger charge is -2.21. The summed E-state index contributed by atoms with van der Waals surface area (Å²) >= 11 is 0. The molecule has 0 aliphatic carbocycles. The van der Waals surface area contributed by atoms with Crippen LogP contribution in [0.5, 0.6) is 0 Å². The van der Waals surface area contributed by atoms with Gasteiger partial charge in [-0.2, -0.15) is 0 Å². The van der Waals surface area contributed by atoms with Crippen LogP contribution < -0.4 is 0 Å². The SMILES string of the molecule is CCOC(=O)C=CCC[C@@H]1CCCCO1. The van der Waals surface area contributed by atoms with Crippen molar-refractivity contribution in [2.24, 2.45) is 0 Å². The zero-order chi connectivity index (χ0) is 10.9. The van der Waals surface area contributed by atoms with Crippen molar-refractivity contribution in [2.45, 2.75) is 45.1 Å². The smallest absolute Gasteiger partial charge is 0.330 e. The van der Waals surface area contributed by atoms with Gasteiger partial charge in [0.1, 0.15) is 0 Å². The van der Waals surface area contributed by atoms with Gasteiger partial charge in [-0.1, -0.05) is 6.08 Å². The van der Waals surface area contributed by atoms with Crippen molar-refractivity contribution in [1.29, 1.82) is 0 Å². The van der Waals surface area contributed by atoms with Crippen molar-refractivity contribution in [3.8, 4) is 0 Å². The molecular formula is C12H20O3. The second-order valence-corrected chi connectivity index (χ2v) is 3.72. The van der Waals surface area contributed by atoms with E-state index in [1.54, 1.807) is 0 Å². The summed E-state index contributed by atoms with van der Waals surface area (Å²) in [5.74, 6) is -0.248. The Morgan fingerprint density at radius 3 is 3.07 bits per heavy atom. The van der Waals surface area contributed by atoms with Gasteiger partial charge in [0.05, 0.1) is 12.7 Å². The van der Waals surface area contributed by atoms with Crippen LogP contribution in [0.3, 0.4) is 0 Å². The first-order valence-electron chi connectivity index (χ1n) is 5.78. The number of esters is 1. The summed E-state index contributed by atoms with van der Waals surface area (Å²) in [6.07, 6.45) is 9.29. The highest BCUT2D eigenvalue weighted by atomic mass is 16.5. The van der Waals surface area contributed by atoms with E-state index in [4.69, 9.17) is 9.47 Å². The van der Waals surface area contributed by atoms with Crippen molar-refractivity contribution in [3.63, 3.8) is 0 Å². The molecule has 0 saturated carbocycles. The van der Waals surface area contributed by atoms with Gasteiger partial charge in [-0.3, -0.25) is 0 Å². The second kappa shape index (κ2) is 7.46. The largest absolute Gasteiger partial charge is 0.463 e. The highest BCUT2D eigenvalue weighted by Gasteiger charge is 2.12. The minimum atomic E-state index is -0.248. The topological polar surface area (TPSA) is 35.5 Å². The van der Waals surface area contributed by atoms with Crippen LogP contribution in [0.2, 0.25) is 0 Å². The van der Waals surface area contributed by atoms with E-state index >= 15 is 0 Å². The highest BCUT2D eigenvalue weighted by molar-refractivity contribution is 5.81. The van der Waals surface area contributed by atoms with Crippen LogP contribution in [-0.4, -0.2) is 25.3 Å². The minimum Gasteiger partial charge on any atom is -0.463 e. The second-order valence-electron chi connectivity index (χ2n) is 3.72. The summed E-state index contributed by atoms with van der Waals surface area (Å²) < 4.78 is 10.4. The van der Waals surface area contributed by atoms with Crippen molar-refractivity contribution in [3.05, 3.63) is 12.2 Å². The summed E-state index contributed by atoms with van der Waals surface area (Å²) in [5, 5.41) is 0. The zero-order valence-corrected chi connectivity index (χ0v) is 9.41. The van der Waals surface area contributed by atoms with Gasteiger partial charge >= 0.3 is 5.97 Å². The molecule has 0 unspecified atom stereocenters. The molecule has 0 radical (unpaired) electrons. The highest BCUT2D eigenvalue weighted by Crippen LogP contribution is 2.16. The first-order chi connectivity index (χ1) is 7.33. The van der Waals surface area contributed by atoms with Crippen molar-refractivity contribution in [2.75, 3.05) is 13.2 Å². The van der Waals surface area contributed by atoms with Crippen molar-refractivity contribution >= 4 is 5.97 Å². The Morgan fingerprint density at radius 2 is 2.40 bits per heavy atom. The Bertz CT molecular complexity index is 205. The van der Waals surface area contributed by atoms with Gasteiger partial charge in [0.15, 0.2) is 0 Å². The van der Waals surface area contributed by atoms with Crippen LogP contribution in [0.1, 0.15) is 39.0 Å². The third-order valence-corrected chi connectivity index (χ3v) is 2.47. The average molecular weight is 212 g/mol. The molecule has 1 aliphatic rings. The van der Waals surface area contributed by atoms with Crippen LogP contribution in [-0.2, 0) is 14.3 Å². The Labute approximate surface area is 91.4 Å². The van der Waals surface area contributed by atoms with Crippen molar-refractivity contribution < 1.29 is 14.3 Å². The van der Waals surface area contributed by atoms with E-state index in [1.165, 1.54) is 18.9 Å². The predicted octanol–water partition coefficient (Wildman–Crippen LogP) is 2.46. The van der Waals surface area contributed by atoms with Gasteiger partial charge in [-0.25, -0.2) is 4.79 Å².